The van der Waals surface area contributed by atoms with Gasteiger partial charge in [-0.05, 0) is 19.1 Å². The molecule has 0 saturated heterocycles. The lowest BCUT2D eigenvalue weighted by Crippen LogP contribution is -2.18. The minimum Gasteiger partial charge on any atom is -0.306 e. The standard InChI is InChI=1S/C13H12N6O/c1-9-15-12(18-17-9)10-4-2-3-5-11(10)16-13(20)19-7-6-14-8-19/h2-8H,1H3,(H,16,20)(H,15,17,18). The van der Waals surface area contributed by atoms with Gasteiger partial charge in [-0.25, -0.2) is 14.8 Å². The van der Waals surface area contributed by atoms with Crippen LogP contribution in [0, 0.1) is 6.92 Å². The van der Waals surface area contributed by atoms with Gasteiger partial charge in [0.1, 0.15) is 12.2 Å². The number of anilines is 1. The number of nitrogens with zero attached hydrogens (tertiary/aromatic N) is 4. The zero-order valence-electron chi connectivity index (χ0n) is 10.7. The Morgan fingerprint density at radius 2 is 2.20 bits per heavy atom. The summed E-state index contributed by atoms with van der Waals surface area (Å²) >= 11 is 0. The van der Waals surface area contributed by atoms with Gasteiger partial charge in [0, 0.05) is 18.0 Å². The molecule has 0 unspecified atom stereocenters. The van der Waals surface area contributed by atoms with Crippen molar-refractivity contribution < 1.29 is 4.79 Å². The largest absolute Gasteiger partial charge is 0.331 e. The van der Waals surface area contributed by atoms with Gasteiger partial charge in [0.25, 0.3) is 0 Å². The summed E-state index contributed by atoms with van der Waals surface area (Å²) in [6.07, 6.45) is 4.56. The molecule has 0 aliphatic rings. The van der Waals surface area contributed by atoms with Crippen molar-refractivity contribution in [1.82, 2.24) is 24.7 Å². The first-order chi connectivity index (χ1) is 9.74. The Morgan fingerprint density at radius 3 is 2.90 bits per heavy atom. The number of hydrogen-bond acceptors (Lipinski definition) is 4. The van der Waals surface area contributed by atoms with E-state index < -0.39 is 0 Å². The van der Waals surface area contributed by atoms with Crippen LogP contribution in [-0.4, -0.2) is 30.8 Å². The highest BCUT2D eigenvalue weighted by atomic mass is 16.2. The van der Waals surface area contributed by atoms with Crippen molar-refractivity contribution in [3.63, 3.8) is 0 Å². The number of benzene rings is 1. The number of carbonyl (C=O) groups excluding carboxylic acids is 1. The minimum absolute atomic E-state index is 0.290. The predicted octanol–water partition coefficient (Wildman–Crippen LogP) is 2.06. The highest BCUT2D eigenvalue weighted by molar-refractivity contribution is 5.94. The van der Waals surface area contributed by atoms with E-state index in [1.165, 1.54) is 10.9 Å². The maximum atomic E-state index is 12.0. The molecule has 2 aromatic heterocycles. The molecule has 2 heterocycles. The average molecular weight is 268 g/mol. The molecule has 7 nitrogen and oxygen atoms in total. The number of para-hydroxylation sites is 1. The third kappa shape index (κ3) is 2.28. The Kier molecular flexibility index (Phi) is 3.00. The number of aryl methyl sites for hydroxylation is 1. The molecule has 3 rings (SSSR count). The summed E-state index contributed by atoms with van der Waals surface area (Å²) in [4.78, 5) is 20.1. The summed E-state index contributed by atoms with van der Waals surface area (Å²) in [5, 5.41) is 9.71. The van der Waals surface area contributed by atoms with E-state index in [0.717, 1.165) is 11.4 Å². The topological polar surface area (TPSA) is 88.5 Å². The molecule has 1 amide bonds. The molecule has 0 radical (unpaired) electrons. The number of hydrogen-bond donors (Lipinski definition) is 2. The van der Waals surface area contributed by atoms with Gasteiger partial charge in [0.2, 0.25) is 0 Å². The number of carbonyl (C=O) groups is 1. The van der Waals surface area contributed by atoms with Crippen LogP contribution in [0.2, 0.25) is 0 Å². The number of aromatic nitrogens is 5. The number of rotatable bonds is 2. The lowest BCUT2D eigenvalue weighted by Gasteiger charge is -2.08. The van der Waals surface area contributed by atoms with Crippen LogP contribution in [0.5, 0.6) is 0 Å². The maximum absolute atomic E-state index is 12.0. The maximum Gasteiger partial charge on any atom is 0.331 e. The SMILES string of the molecule is Cc1nc(-c2ccccc2NC(=O)n2ccnc2)n[nH]1. The van der Waals surface area contributed by atoms with Gasteiger partial charge < -0.3 is 5.32 Å². The molecule has 0 saturated carbocycles. The van der Waals surface area contributed by atoms with E-state index in [-0.39, 0.29) is 6.03 Å². The van der Waals surface area contributed by atoms with Crippen molar-refractivity contribution in [2.45, 2.75) is 6.92 Å². The van der Waals surface area contributed by atoms with E-state index in [1.54, 1.807) is 18.5 Å². The Hall–Kier alpha value is -2.96. The molecule has 2 N–H and O–H groups in total. The van der Waals surface area contributed by atoms with E-state index in [4.69, 9.17) is 0 Å². The second-order valence-electron chi connectivity index (χ2n) is 4.19. The monoisotopic (exact) mass is 268 g/mol. The fourth-order valence-corrected chi connectivity index (χ4v) is 1.81. The van der Waals surface area contributed by atoms with E-state index >= 15 is 0 Å². The Bertz CT molecular complexity index is 731. The quantitative estimate of drug-likeness (QED) is 0.744. The van der Waals surface area contributed by atoms with Crippen LogP contribution in [-0.2, 0) is 0 Å². The third-order valence-corrected chi connectivity index (χ3v) is 2.75. The van der Waals surface area contributed by atoms with Crippen molar-refractivity contribution in [3.8, 4) is 11.4 Å². The van der Waals surface area contributed by atoms with E-state index in [0.29, 0.717) is 11.5 Å². The molecular weight excluding hydrogens is 256 g/mol. The summed E-state index contributed by atoms with van der Waals surface area (Å²) in [5.41, 5.74) is 1.40. The molecule has 0 aliphatic heterocycles. The first-order valence-corrected chi connectivity index (χ1v) is 6.02. The van der Waals surface area contributed by atoms with Gasteiger partial charge in [-0.15, -0.1) is 0 Å². The van der Waals surface area contributed by atoms with Crippen LogP contribution in [0.25, 0.3) is 11.4 Å². The molecule has 0 atom stereocenters. The normalized spacial score (nSPS) is 10.4. The molecule has 1 aromatic carbocycles. The van der Waals surface area contributed by atoms with Crippen LogP contribution in [0.3, 0.4) is 0 Å². The van der Waals surface area contributed by atoms with Crippen LogP contribution in [0.15, 0.2) is 43.0 Å². The second-order valence-corrected chi connectivity index (χ2v) is 4.19. The fraction of sp³-hybridized carbons (Fsp3) is 0.0769. The van der Waals surface area contributed by atoms with Gasteiger partial charge in [-0.3, -0.25) is 9.67 Å². The van der Waals surface area contributed by atoms with Crippen molar-refractivity contribution in [2.24, 2.45) is 0 Å². The zero-order chi connectivity index (χ0) is 13.9. The first kappa shape index (κ1) is 12.1. The zero-order valence-corrected chi connectivity index (χ0v) is 10.7. The molecule has 0 bridgehead atoms. The van der Waals surface area contributed by atoms with Gasteiger partial charge in [-0.1, -0.05) is 12.1 Å². The van der Waals surface area contributed by atoms with E-state index in [9.17, 15) is 4.79 Å². The Morgan fingerprint density at radius 1 is 1.35 bits per heavy atom. The average Bonchev–Trinajstić information content (AvgIpc) is 3.10. The number of H-pyrrole nitrogens is 1. The number of aromatic amines is 1. The van der Waals surface area contributed by atoms with Crippen LogP contribution in [0.1, 0.15) is 5.82 Å². The van der Waals surface area contributed by atoms with Gasteiger partial charge >= 0.3 is 6.03 Å². The molecule has 100 valence electrons. The summed E-state index contributed by atoms with van der Waals surface area (Å²) in [7, 11) is 0. The smallest absolute Gasteiger partial charge is 0.306 e. The summed E-state index contributed by atoms with van der Waals surface area (Å²) in [5.74, 6) is 1.26. The molecule has 0 spiro atoms. The minimum atomic E-state index is -0.290. The Balaban J connectivity index is 1.92. The molecule has 0 aliphatic carbocycles. The number of amides is 1. The van der Waals surface area contributed by atoms with Gasteiger partial charge in [0.15, 0.2) is 5.82 Å². The first-order valence-electron chi connectivity index (χ1n) is 6.02. The van der Waals surface area contributed by atoms with Crippen molar-refractivity contribution in [2.75, 3.05) is 5.32 Å². The second kappa shape index (κ2) is 4.96. The third-order valence-electron chi connectivity index (χ3n) is 2.75. The highest BCUT2D eigenvalue weighted by Gasteiger charge is 2.12. The molecule has 7 heteroatoms. The van der Waals surface area contributed by atoms with Crippen LogP contribution < -0.4 is 5.32 Å². The number of imidazole rings is 1. The molecule has 0 fully saturated rings. The summed E-state index contributed by atoms with van der Waals surface area (Å²) < 4.78 is 1.36. The summed E-state index contributed by atoms with van der Waals surface area (Å²) in [6, 6.07) is 7.07. The Labute approximate surface area is 114 Å². The van der Waals surface area contributed by atoms with Crippen molar-refractivity contribution in [1.29, 1.82) is 0 Å². The molecule has 20 heavy (non-hydrogen) atoms. The van der Waals surface area contributed by atoms with Crippen molar-refractivity contribution >= 4 is 11.7 Å². The van der Waals surface area contributed by atoms with Crippen LogP contribution >= 0.6 is 0 Å². The van der Waals surface area contributed by atoms with Gasteiger partial charge in [0.05, 0.1) is 5.69 Å². The molecule has 3 aromatic rings. The fourth-order valence-electron chi connectivity index (χ4n) is 1.81. The lowest BCUT2D eigenvalue weighted by molar-refractivity contribution is 0.253. The van der Waals surface area contributed by atoms with Crippen LogP contribution in [0.4, 0.5) is 10.5 Å². The van der Waals surface area contributed by atoms with E-state index in [1.807, 2.05) is 25.1 Å². The predicted molar refractivity (Wildman–Crippen MR) is 73.2 cm³/mol. The summed E-state index contributed by atoms with van der Waals surface area (Å²) in [6.45, 7) is 1.82. The van der Waals surface area contributed by atoms with E-state index in [2.05, 4.69) is 25.5 Å². The number of nitrogens with one attached hydrogen (secondary N) is 2. The van der Waals surface area contributed by atoms with Crippen molar-refractivity contribution in [3.05, 3.63) is 48.8 Å². The molecular formula is C13H12N6O. The lowest BCUT2D eigenvalue weighted by atomic mass is 10.1. The highest BCUT2D eigenvalue weighted by Crippen LogP contribution is 2.24. The van der Waals surface area contributed by atoms with Gasteiger partial charge in [-0.2, -0.15) is 5.10 Å².